The van der Waals surface area contributed by atoms with E-state index in [0.29, 0.717) is 22.5 Å². The number of esters is 1. The van der Waals surface area contributed by atoms with Gasteiger partial charge >= 0.3 is 5.97 Å². The normalized spacial score (nSPS) is 12.5. The second kappa shape index (κ2) is 7.34. The molecule has 1 aromatic carbocycles. The van der Waals surface area contributed by atoms with Crippen LogP contribution in [-0.2, 0) is 11.2 Å². The number of aromatic nitrogens is 3. The Morgan fingerprint density at radius 1 is 1.21 bits per heavy atom. The van der Waals surface area contributed by atoms with Gasteiger partial charge in [0.2, 0.25) is 0 Å². The van der Waals surface area contributed by atoms with Crippen LogP contribution in [0.15, 0.2) is 47.1 Å². The average Bonchev–Trinajstić information content (AvgIpc) is 3.30. The smallest absolute Gasteiger partial charge is 0.344 e. The van der Waals surface area contributed by atoms with Crippen LogP contribution in [0.2, 0.25) is 0 Å². The lowest BCUT2D eigenvalue weighted by molar-refractivity contribution is 0.0529. The molecule has 0 saturated heterocycles. The minimum Gasteiger partial charge on any atom is -0.469 e. The van der Waals surface area contributed by atoms with Crippen LogP contribution in [0.1, 0.15) is 42.4 Å². The summed E-state index contributed by atoms with van der Waals surface area (Å²) in [5, 5.41) is 0. The van der Waals surface area contributed by atoms with Gasteiger partial charge < -0.3 is 19.5 Å². The SMILES string of the molecule is CCOC(=O)c1c(N)n([C@@H](C)CCc2ccco2)c2nc3ccccc3nc12. The van der Waals surface area contributed by atoms with E-state index in [0.717, 1.165) is 24.1 Å². The highest BCUT2D eigenvalue weighted by Gasteiger charge is 2.27. The molecule has 4 aromatic rings. The van der Waals surface area contributed by atoms with Crippen molar-refractivity contribution in [1.82, 2.24) is 14.5 Å². The number of nitrogen functional groups attached to an aromatic ring is 1. The predicted octanol–water partition coefficient (Wildman–Crippen LogP) is 4.13. The van der Waals surface area contributed by atoms with Gasteiger partial charge in [-0.25, -0.2) is 14.8 Å². The summed E-state index contributed by atoms with van der Waals surface area (Å²) in [5.41, 5.74) is 9.22. The van der Waals surface area contributed by atoms with Crippen LogP contribution < -0.4 is 5.73 Å². The molecular formula is C21H22N4O3. The number of nitrogens with two attached hydrogens (primary N) is 1. The fourth-order valence-electron chi connectivity index (χ4n) is 3.47. The van der Waals surface area contributed by atoms with Crippen molar-refractivity contribution in [3.05, 3.63) is 54.0 Å². The monoisotopic (exact) mass is 378 g/mol. The lowest BCUT2D eigenvalue weighted by Crippen LogP contribution is -2.13. The van der Waals surface area contributed by atoms with Gasteiger partial charge in [0.15, 0.2) is 5.65 Å². The van der Waals surface area contributed by atoms with Crippen LogP contribution in [0.3, 0.4) is 0 Å². The summed E-state index contributed by atoms with van der Waals surface area (Å²) in [6.07, 6.45) is 3.19. The highest BCUT2D eigenvalue weighted by Crippen LogP contribution is 2.32. The van der Waals surface area contributed by atoms with E-state index in [4.69, 9.17) is 19.9 Å². The first-order valence-corrected chi connectivity index (χ1v) is 9.35. The Labute approximate surface area is 162 Å². The zero-order chi connectivity index (χ0) is 19.7. The van der Waals surface area contributed by atoms with Crippen molar-refractivity contribution in [2.24, 2.45) is 0 Å². The number of ether oxygens (including phenoxy) is 1. The van der Waals surface area contributed by atoms with Gasteiger partial charge in [-0.2, -0.15) is 0 Å². The van der Waals surface area contributed by atoms with Crippen molar-refractivity contribution in [2.75, 3.05) is 12.3 Å². The summed E-state index contributed by atoms with van der Waals surface area (Å²) in [5.74, 6) is 0.756. The Morgan fingerprint density at radius 2 is 1.96 bits per heavy atom. The molecule has 0 bridgehead atoms. The zero-order valence-electron chi connectivity index (χ0n) is 15.9. The second-order valence-corrected chi connectivity index (χ2v) is 6.70. The summed E-state index contributed by atoms with van der Waals surface area (Å²) >= 11 is 0. The van der Waals surface area contributed by atoms with Crippen molar-refractivity contribution < 1.29 is 13.9 Å². The lowest BCUT2D eigenvalue weighted by atomic mass is 10.1. The van der Waals surface area contributed by atoms with Crippen LogP contribution in [-0.4, -0.2) is 27.1 Å². The number of para-hydroxylation sites is 2. The summed E-state index contributed by atoms with van der Waals surface area (Å²) in [7, 11) is 0. The molecular weight excluding hydrogens is 356 g/mol. The van der Waals surface area contributed by atoms with Gasteiger partial charge in [-0.3, -0.25) is 0 Å². The van der Waals surface area contributed by atoms with E-state index in [1.54, 1.807) is 13.2 Å². The summed E-state index contributed by atoms with van der Waals surface area (Å²) in [6, 6.07) is 11.4. The first-order valence-electron chi connectivity index (χ1n) is 9.35. The minimum atomic E-state index is -0.480. The molecule has 3 heterocycles. The van der Waals surface area contributed by atoms with Gasteiger partial charge in [-0.05, 0) is 44.5 Å². The lowest BCUT2D eigenvalue weighted by Gasteiger charge is -2.16. The topological polar surface area (TPSA) is 96.2 Å². The quantitative estimate of drug-likeness (QED) is 0.507. The number of rotatable bonds is 6. The fourth-order valence-corrected chi connectivity index (χ4v) is 3.47. The van der Waals surface area contributed by atoms with Crippen molar-refractivity contribution in [2.45, 2.75) is 32.7 Å². The first kappa shape index (κ1) is 18.0. The molecule has 0 aliphatic heterocycles. The number of hydrogen-bond acceptors (Lipinski definition) is 6. The Morgan fingerprint density at radius 3 is 2.64 bits per heavy atom. The van der Waals surface area contributed by atoms with E-state index >= 15 is 0 Å². The average molecular weight is 378 g/mol. The molecule has 0 aliphatic rings. The van der Waals surface area contributed by atoms with Crippen LogP contribution in [0, 0.1) is 0 Å². The van der Waals surface area contributed by atoms with E-state index in [-0.39, 0.29) is 18.2 Å². The van der Waals surface area contributed by atoms with Gasteiger partial charge in [0.25, 0.3) is 0 Å². The molecule has 144 valence electrons. The largest absolute Gasteiger partial charge is 0.469 e. The Balaban J connectivity index is 1.84. The Bertz CT molecular complexity index is 1130. The molecule has 0 amide bonds. The van der Waals surface area contributed by atoms with Crippen molar-refractivity contribution in [3.63, 3.8) is 0 Å². The molecule has 0 aliphatic carbocycles. The number of fused-ring (bicyclic) bond motifs is 2. The molecule has 7 nitrogen and oxygen atoms in total. The van der Waals surface area contributed by atoms with Crippen molar-refractivity contribution in [1.29, 1.82) is 0 Å². The standard InChI is InChI=1S/C21H22N4O3/c1-3-27-21(26)17-18-20(24-16-9-5-4-8-15(16)23-18)25(19(17)22)13(2)10-11-14-7-6-12-28-14/h4-9,12-13H,3,10-11,22H2,1-2H3/t13-/m0/s1. The molecule has 0 radical (unpaired) electrons. The third-order valence-electron chi connectivity index (χ3n) is 4.84. The van der Waals surface area contributed by atoms with Gasteiger partial charge in [0.05, 0.1) is 23.9 Å². The van der Waals surface area contributed by atoms with Crippen LogP contribution in [0.25, 0.3) is 22.2 Å². The highest BCUT2D eigenvalue weighted by atomic mass is 16.5. The number of furan rings is 1. The third-order valence-corrected chi connectivity index (χ3v) is 4.84. The number of carbonyl (C=O) groups is 1. The molecule has 0 fully saturated rings. The van der Waals surface area contributed by atoms with Gasteiger partial charge in [-0.15, -0.1) is 0 Å². The molecule has 4 rings (SSSR count). The Kier molecular flexibility index (Phi) is 4.73. The van der Waals surface area contributed by atoms with Crippen LogP contribution >= 0.6 is 0 Å². The minimum absolute atomic E-state index is 0.00811. The fraction of sp³-hybridized carbons (Fsp3) is 0.286. The van der Waals surface area contributed by atoms with E-state index in [1.165, 1.54) is 0 Å². The summed E-state index contributed by atoms with van der Waals surface area (Å²) in [4.78, 5) is 22.0. The molecule has 1 atom stereocenters. The second-order valence-electron chi connectivity index (χ2n) is 6.70. The van der Waals surface area contributed by atoms with Gasteiger partial charge in [-0.1, -0.05) is 12.1 Å². The molecule has 28 heavy (non-hydrogen) atoms. The number of nitrogens with zero attached hydrogens (tertiary/aromatic N) is 3. The molecule has 0 spiro atoms. The van der Waals surface area contributed by atoms with Gasteiger partial charge in [0, 0.05) is 12.5 Å². The molecule has 3 aromatic heterocycles. The van der Waals surface area contributed by atoms with E-state index in [2.05, 4.69) is 4.98 Å². The maximum absolute atomic E-state index is 12.6. The summed E-state index contributed by atoms with van der Waals surface area (Å²) in [6.45, 7) is 4.07. The molecule has 0 saturated carbocycles. The highest BCUT2D eigenvalue weighted by molar-refractivity contribution is 6.08. The van der Waals surface area contributed by atoms with Crippen molar-refractivity contribution >= 4 is 34.0 Å². The Hall–Kier alpha value is -3.35. The number of aryl methyl sites for hydroxylation is 1. The van der Waals surface area contributed by atoms with Crippen LogP contribution in [0.5, 0.6) is 0 Å². The number of benzene rings is 1. The van der Waals surface area contributed by atoms with E-state index < -0.39 is 5.97 Å². The number of carbonyl (C=O) groups excluding carboxylic acids is 1. The van der Waals surface area contributed by atoms with E-state index in [9.17, 15) is 4.79 Å². The third kappa shape index (κ3) is 3.09. The molecule has 2 N–H and O–H groups in total. The zero-order valence-corrected chi connectivity index (χ0v) is 15.9. The van der Waals surface area contributed by atoms with Crippen molar-refractivity contribution in [3.8, 4) is 0 Å². The van der Waals surface area contributed by atoms with Crippen LogP contribution in [0.4, 0.5) is 5.82 Å². The molecule has 0 unspecified atom stereocenters. The molecule has 7 heteroatoms. The van der Waals surface area contributed by atoms with E-state index in [1.807, 2.05) is 47.9 Å². The van der Waals surface area contributed by atoms with Gasteiger partial charge in [0.1, 0.15) is 22.7 Å². The summed E-state index contributed by atoms with van der Waals surface area (Å²) < 4.78 is 12.5. The number of hydrogen-bond donors (Lipinski definition) is 1. The number of anilines is 1. The maximum Gasteiger partial charge on any atom is 0.344 e. The first-order chi connectivity index (χ1) is 13.6. The maximum atomic E-state index is 12.6. The predicted molar refractivity (Wildman–Crippen MR) is 107 cm³/mol.